The van der Waals surface area contributed by atoms with E-state index in [0.29, 0.717) is 22.3 Å². The minimum Gasteiger partial charge on any atom is -0.508 e. The van der Waals surface area contributed by atoms with Gasteiger partial charge in [0.1, 0.15) is 17.1 Å². The van der Waals surface area contributed by atoms with E-state index in [9.17, 15) is 32.4 Å². The molecule has 4 N–H and O–H groups in total. The quantitative estimate of drug-likeness (QED) is 0.183. The van der Waals surface area contributed by atoms with E-state index in [1.165, 1.54) is 36.4 Å². The predicted molar refractivity (Wildman–Crippen MR) is 143 cm³/mol. The van der Waals surface area contributed by atoms with Crippen molar-refractivity contribution in [2.24, 2.45) is 5.92 Å². The number of amides is 1. The average Bonchev–Trinajstić information content (AvgIpc) is 2.92. The van der Waals surface area contributed by atoms with E-state index in [-0.39, 0.29) is 29.4 Å². The van der Waals surface area contributed by atoms with Crippen molar-refractivity contribution in [3.05, 3.63) is 120 Å². The van der Waals surface area contributed by atoms with Gasteiger partial charge in [0.15, 0.2) is 0 Å². The van der Waals surface area contributed by atoms with Crippen molar-refractivity contribution in [1.82, 2.24) is 5.32 Å². The molecule has 1 aliphatic heterocycles. The van der Waals surface area contributed by atoms with Crippen LogP contribution in [0.5, 0.6) is 5.75 Å². The summed E-state index contributed by atoms with van der Waals surface area (Å²) in [5, 5.41) is 24.9. The van der Waals surface area contributed by atoms with E-state index in [1.54, 1.807) is 42.5 Å². The van der Waals surface area contributed by atoms with Gasteiger partial charge in [-0.05, 0) is 65.4 Å². The molecular formula is C30H26FNO6S. The molecule has 200 valence electrons. The molecule has 1 amide bonds. The molecule has 0 unspecified atom stereocenters. The Morgan fingerprint density at radius 1 is 0.897 bits per heavy atom. The molecule has 4 aromatic rings. The highest BCUT2D eigenvalue weighted by atomic mass is 32.2. The first-order valence-electron chi connectivity index (χ1n) is 12.3. The molecule has 0 saturated carbocycles. The molecule has 7 nitrogen and oxygen atoms in total. The second-order valence-corrected chi connectivity index (χ2v) is 11.0. The number of aromatic hydroxyl groups is 1. The van der Waals surface area contributed by atoms with Gasteiger partial charge in [0.2, 0.25) is 5.91 Å². The maximum absolute atomic E-state index is 13.8. The number of carbonyl (C=O) groups is 1. The Labute approximate surface area is 225 Å². The Bertz CT molecular complexity index is 1630. The molecule has 0 bridgehead atoms. The number of hydrogen-bond acceptors (Lipinski definition) is 5. The number of carbonyl (C=O) groups excluding carboxylic acids is 1. The molecule has 39 heavy (non-hydrogen) atoms. The standard InChI is InChI=1S/C30H26FNO6S/c31-23-12-10-22(11-13-23)30(26(29(35)32-30)15-16-27(33)19-5-2-1-3-6-19)25-14-9-21(18-28(25)34)20-7-4-8-24(17-20)39(36,37)38/h1-14,17-18,26-27,33-34H,15-16H2,(H,32,35)(H,36,37,38)/t26-,27-,30-/m0/s1. The zero-order valence-corrected chi connectivity index (χ0v) is 21.5. The van der Waals surface area contributed by atoms with Crippen molar-refractivity contribution < 1.29 is 32.4 Å². The van der Waals surface area contributed by atoms with Gasteiger partial charge in [-0.25, -0.2) is 4.39 Å². The first-order valence-corrected chi connectivity index (χ1v) is 13.8. The number of β-lactam (4-membered cyclic amide) rings is 1. The van der Waals surface area contributed by atoms with Gasteiger partial charge in [-0.2, -0.15) is 8.42 Å². The Morgan fingerprint density at radius 2 is 1.59 bits per heavy atom. The van der Waals surface area contributed by atoms with Crippen molar-refractivity contribution in [3.8, 4) is 16.9 Å². The second kappa shape index (κ2) is 10.3. The Balaban J connectivity index is 1.53. The van der Waals surface area contributed by atoms with Gasteiger partial charge in [-0.1, -0.05) is 66.7 Å². The van der Waals surface area contributed by atoms with Crippen molar-refractivity contribution in [2.45, 2.75) is 29.4 Å². The van der Waals surface area contributed by atoms with E-state index in [2.05, 4.69) is 5.32 Å². The highest BCUT2D eigenvalue weighted by molar-refractivity contribution is 7.85. The van der Waals surface area contributed by atoms with E-state index < -0.39 is 33.5 Å². The molecule has 4 aromatic carbocycles. The number of phenols is 1. The summed E-state index contributed by atoms with van der Waals surface area (Å²) in [6, 6.07) is 25.2. The summed E-state index contributed by atoms with van der Waals surface area (Å²) in [7, 11) is -4.42. The molecular weight excluding hydrogens is 521 g/mol. The maximum Gasteiger partial charge on any atom is 0.294 e. The first kappa shape index (κ1) is 26.6. The van der Waals surface area contributed by atoms with Gasteiger partial charge in [0.25, 0.3) is 10.1 Å². The van der Waals surface area contributed by atoms with Crippen LogP contribution in [0.2, 0.25) is 0 Å². The summed E-state index contributed by atoms with van der Waals surface area (Å²) < 4.78 is 46.4. The smallest absolute Gasteiger partial charge is 0.294 e. The van der Waals surface area contributed by atoms with Crippen LogP contribution in [0.1, 0.15) is 35.6 Å². The van der Waals surface area contributed by atoms with Gasteiger partial charge in [0.05, 0.1) is 16.9 Å². The lowest BCUT2D eigenvalue weighted by Gasteiger charge is -2.50. The maximum atomic E-state index is 13.8. The van der Waals surface area contributed by atoms with Crippen molar-refractivity contribution in [3.63, 3.8) is 0 Å². The van der Waals surface area contributed by atoms with Crippen molar-refractivity contribution in [1.29, 1.82) is 0 Å². The van der Waals surface area contributed by atoms with Crippen LogP contribution in [0, 0.1) is 11.7 Å². The van der Waals surface area contributed by atoms with Gasteiger partial charge >= 0.3 is 0 Å². The average molecular weight is 548 g/mol. The van der Waals surface area contributed by atoms with Crippen LogP contribution in [-0.2, 0) is 20.5 Å². The fourth-order valence-corrected chi connectivity index (χ4v) is 5.81. The molecule has 1 heterocycles. The monoisotopic (exact) mass is 547 g/mol. The SMILES string of the molecule is O=C1N[C@@](c2ccc(F)cc2)(c2ccc(-c3cccc(S(=O)(=O)O)c3)cc2O)[C@H]1CC[C@H](O)c1ccccc1. The lowest BCUT2D eigenvalue weighted by molar-refractivity contribution is -0.140. The molecule has 0 radical (unpaired) electrons. The summed E-state index contributed by atoms with van der Waals surface area (Å²) in [5.74, 6) is -1.54. The van der Waals surface area contributed by atoms with Crippen LogP contribution >= 0.6 is 0 Å². The Morgan fingerprint density at radius 3 is 2.23 bits per heavy atom. The third-order valence-electron chi connectivity index (χ3n) is 7.26. The number of nitrogens with one attached hydrogen (secondary N) is 1. The normalized spacial score (nSPS) is 19.7. The molecule has 3 atom stereocenters. The summed E-state index contributed by atoms with van der Waals surface area (Å²) in [4.78, 5) is 12.6. The number of aliphatic hydroxyl groups is 1. The highest BCUT2D eigenvalue weighted by Crippen LogP contribution is 2.49. The predicted octanol–water partition coefficient (Wildman–Crippen LogP) is 4.95. The zero-order valence-electron chi connectivity index (χ0n) is 20.7. The summed E-state index contributed by atoms with van der Waals surface area (Å²) in [5.41, 5.74) is 1.42. The van der Waals surface area contributed by atoms with E-state index in [4.69, 9.17) is 0 Å². The molecule has 1 fully saturated rings. The lowest BCUT2D eigenvalue weighted by Crippen LogP contribution is -2.67. The van der Waals surface area contributed by atoms with Crippen LogP contribution in [-0.4, -0.2) is 29.1 Å². The molecule has 9 heteroatoms. The molecule has 5 rings (SSSR count). The van der Waals surface area contributed by atoms with E-state index >= 15 is 0 Å². The van der Waals surface area contributed by atoms with Crippen LogP contribution in [0.15, 0.2) is 102 Å². The third-order valence-corrected chi connectivity index (χ3v) is 8.11. The fourth-order valence-electron chi connectivity index (χ4n) is 5.28. The van der Waals surface area contributed by atoms with Crippen molar-refractivity contribution >= 4 is 16.0 Å². The molecule has 1 saturated heterocycles. The number of hydrogen-bond donors (Lipinski definition) is 4. The Hall–Kier alpha value is -4.05. The fraction of sp³-hybridized carbons (Fsp3) is 0.167. The number of phenolic OH excluding ortho intramolecular Hbond substituents is 1. The summed E-state index contributed by atoms with van der Waals surface area (Å²) in [6.45, 7) is 0. The molecule has 0 aliphatic carbocycles. The lowest BCUT2D eigenvalue weighted by atomic mass is 9.64. The van der Waals surface area contributed by atoms with E-state index in [1.807, 2.05) is 18.2 Å². The number of benzene rings is 4. The van der Waals surface area contributed by atoms with Gasteiger partial charge in [-0.15, -0.1) is 0 Å². The van der Waals surface area contributed by atoms with Gasteiger partial charge < -0.3 is 15.5 Å². The van der Waals surface area contributed by atoms with Gasteiger partial charge in [-0.3, -0.25) is 9.35 Å². The van der Waals surface area contributed by atoms with Crippen LogP contribution in [0.25, 0.3) is 11.1 Å². The minimum absolute atomic E-state index is 0.164. The summed E-state index contributed by atoms with van der Waals surface area (Å²) in [6.07, 6.45) is -0.222. The second-order valence-electron chi connectivity index (χ2n) is 9.60. The number of rotatable bonds is 8. The van der Waals surface area contributed by atoms with Crippen molar-refractivity contribution in [2.75, 3.05) is 0 Å². The first-order chi connectivity index (χ1) is 18.6. The van der Waals surface area contributed by atoms with Crippen LogP contribution in [0.4, 0.5) is 4.39 Å². The Kier molecular flexibility index (Phi) is 6.98. The van der Waals surface area contributed by atoms with Crippen LogP contribution < -0.4 is 5.32 Å². The largest absolute Gasteiger partial charge is 0.508 e. The topological polar surface area (TPSA) is 124 Å². The number of halogens is 1. The van der Waals surface area contributed by atoms with Crippen LogP contribution in [0.3, 0.4) is 0 Å². The zero-order chi connectivity index (χ0) is 27.8. The minimum atomic E-state index is -4.42. The third kappa shape index (κ3) is 5.04. The van der Waals surface area contributed by atoms with Gasteiger partial charge in [0, 0.05) is 5.56 Å². The van der Waals surface area contributed by atoms with E-state index in [0.717, 1.165) is 5.56 Å². The molecule has 0 aromatic heterocycles. The summed E-state index contributed by atoms with van der Waals surface area (Å²) >= 11 is 0. The molecule has 1 aliphatic rings. The molecule has 0 spiro atoms. The highest BCUT2D eigenvalue weighted by Gasteiger charge is 2.56. The number of aliphatic hydroxyl groups excluding tert-OH is 1.